The molecule has 1 rings (SSSR count). The van der Waals surface area contributed by atoms with E-state index in [-0.39, 0.29) is 23.2 Å². The van der Waals surface area contributed by atoms with Crippen LogP contribution < -0.4 is 0 Å². The Hall–Kier alpha value is -0.750. The lowest BCUT2D eigenvalue weighted by Crippen LogP contribution is -2.18. The van der Waals surface area contributed by atoms with Crippen molar-refractivity contribution >= 4 is 21.4 Å². The van der Waals surface area contributed by atoms with Gasteiger partial charge in [-0.15, -0.1) is 11.6 Å². The first-order valence-electron chi connectivity index (χ1n) is 4.64. The maximum absolute atomic E-state index is 13.5. The molecule has 7 heteroatoms. The lowest BCUT2D eigenvalue weighted by atomic mass is 10.3. The van der Waals surface area contributed by atoms with Gasteiger partial charge >= 0.3 is 0 Å². The lowest BCUT2D eigenvalue weighted by molar-refractivity contribution is 0.535. The second-order valence-electron chi connectivity index (χ2n) is 3.62. The molecule has 1 heterocycles. The zero-order chi connectivity index (χ0) is 12.3. The molecule has 1 aromatic heterocycles. The van der Waals surface area contributed by atoms with E-state index in [1.54, 1.807) is 6.92 Å². The van der Waals surface area contributed by atoms with Crippen molar-refractivity contribution in [2.24, 2.45) is 5.92 Å². The molecule has 0 aliphatic heterocycles. The molecule has 0 amide bonds. The summed E-state index contributed by atoms with van der Waals surface area (Å²) in [6.07, 6.45) is 1.04. The molecule has 0 saturated heterocycles. The highest BCUT2D eigenvalue weighted by molar-refractivity contribution is 7.91. The Morgan fingerprint density at radius 3 is 2.69 bits per heavy atom. The Balaban J connectivity index is 3.13. The molecular weight excluding hydrogens is 255 g/mol. The molecule has 0 radical (unpaired) electrons. The van der Waals surface area contributed by atoms with E-state index in [1.807, 2.05) is 0 Å². The molecule has 0 fully saturated rings. The normalized spacial score (nSPS) is 13.8. The highest BCUT2D eigenvalue weighted by Gasteiger charge is 2.24. The second kappa shape index (κ2) is 5.05. The molecule has 1 unspecified atom stereocenters. The Labute approximate surface area is 98.8 Å². The predicted molar refractivity (Wildman–Crippen MR) is 58.7 cm³/mol. The number of hydrogen-bond donors (Lipinski definition) is 0. The van der Waals surface area contributed by atoms with Gasteiger partial charge in [-0.2, -0.15) is 0 Å². The third-order valence-corrected chi connectivity index (χ3v) is 4.40. The van der Waals surface area contributed by atoms with Crippen LogP contribution in [0.15, 0.2) is 11.4 Å². The Bertz CT molecular complexity index is 478. The van der Waals surface area contributed by atoms with E-state index in [2.05, 4.69) is 9.97 Å². The van der Waals surface area contributed by atoms with Crippen molar-refractivity contribution in [3.63, 3.8) is 0 Å². The van der Waals surface area contributed by atoms with Crippen molar-refractivity contribution in [1.29, 1.82) is 0 Å². The molecule has 0 aromatic carbocycles. The smallest absolute Gasteiger partial charge is 0.199 e. The topological polar surface area (TPSA) is 59.9 Å². The maximum atomic E-state index is 13.5. The van der Waals surface area contributed by atoms with Crippen LogP contribution in [0.4, 0.5) is 4.39 Å². The van der Waals surface area contributed by atoms with Gasteiger partial charge in [-0.3, -0.25) is 0 Å². The molecule has 90 valence electrons. The summed E-state index contributed by atoms with van der Waals surface area (Å²) in [5, 5.41) is -0.544. The molecule has 0 N–H and O–H groups in total. The van der Waals surface area contributed by atoms with Crippen LogP contribution in [0.1, 0.15) is 12.6 Å². The Morgan fingerprint density at radius 1 is 1.50 bits per heavy atom. The van der Waals surface area contributed by atoms with Crippen LogP contribution in [0.5, 0.6) is 0 Å². The highest BCUT2D eigenvalue weighted by Crippen LogP contribution is 2.17. The molecule has 0 aliphatic carbocycles. The molecule has 16 heavy (non-hydrogen) atoms. The summed E-state index contributed by atoms with van der Waals surface area (Å²) in [6, 6.07) is 0. The maximum Gasteiger partial charge on any atom is 0.199 e. The average Bonchev–Trinajstić information content (AvgIpc) is 2.21. The number of aryl methyl sites for hydroxylation is 1. The van der Waals surface area contributed by atoms with Gasteiger partial charge in [0.2, 0.25) is 0 Å². The minimum Gasteiger partial charge on any atom is -0.239 e. The van der Waals surface area contributed by atoms with Crippen molar-refractivity contribution in [2.45, 2.75) is 18.9 Å². The molecule has 0 spiro atoms. The summed E-state index contributed by atoms with van der Waals surface area (Å²) < 4.78 is 37.1. The number of aromatic nitrogens is 2. The third-order valence-electron chi connectivity index (χ3n) is 1.99. The van der Waals surface area contributed by atoms with E-state index < -0.39 is 20.7 Å². The lowest BCUT2D eigenvalue weighted by Gasteiger charge is -2.09. The number of alkyl halides is 1. The van der Waals surface area contributed by atoms with Crippen LogP contribution in [0.3, 0.4) is 0 Å². The van der Waals surface area contributed by atoms with Gasteiger partial charge in [0.25, 0.3) is 0 Å². The monoisotopic (exact) mass is 266 g/mol. The van der Waals surface area contributed by atoms with Gasteiger partial charge in [-0.25, -0.2) is 22.8 Å². The first-order valence-corrected chi connectivity index (χ1v) is 6.83. The van der Waals surface area contributed by atoms with Crippen LogP contribution in [0.25, 0.3) is 0 Å². The minimum atomic E-state index is -3.74. The van der Waals surface area contributed by atoms with E-state index in [0.717, 1.165) is 6.33 Å². The molecular formula is C9H12ClFN2O2S. The van der Waals surface area contributed by atoms with Gasteiger partial charge in [-0.05, 0) is 12.8 Å². The van der Waals surface area contributed by atoms with Gasteiger partial charge in [0.15, 0.2) is 20.7 Å². The SMILES string of the molecule is Cc1ncnc(S(=O)(=O)CC(C)CCl)c1F. The fourth-order valence-electron chi connectivity index (χ4n) is 1.15. The molecule has 0 aliphatic rings. The van der Waals surface area contributed by atoms with Crippen LogP contribution >= 0.6 is 11.6 Å². The second-order valence-corrected chi connectivity index (χ2v) is 5.88. The number of rotatable bonds is 4. The Kier molecular flexibility index (Phi) is 4.21. The van der Waals surface area contributed by atoms with Crippen molar-refractivity contribution in [3.8, 4) is 0 Å². The molecule has 0 bridgehead atoms. The van der Waals surface area contributed by atoms with Gasteiger partial charge in [-0.1, -0.05) is 6.92 Å². The molecule has 0 saturated carbocycles. The first-order chi connectivity index (χ1) is 7.38. The summed E-state index contributed by atoms with van der Waals surface area (Å²) >= 11 is 5.53. The predicted octanol–water partition coefficient (Wildman–Crippen LogP) is 1.57. The van der Waals surface area contributed by atoms with E-state index in [1.165, 1.54) is 6.92 Å². The van der Waals surface area contributed by atoms with Crippen molar-refractivity contribution in [2.75, 3.05) is 11.6 Å². The number of halogens is 2. The highest BCUT2D eigenvalue weighted by atomic mass is 35.5. The number of nitrogens with zero attached hydrogens (tertiary/aromatic N) is 2. The van der Waals surface area contributed by atoms with Gasteiger partial charge in [0.05, 0.1) is 11.4 Å². The van der Waals surface area contributed by atoms with E-state index >= 15 is 0 Å². The quantitative estimate of drug-likeness (QED) is 0.613. The summed E-state index contributed by atoms with van der Waals surface area (Å²) in [5.41, 5.74) is 0.0205. The van der Waals surface area contributed by atoms with Gasteiger partial charge < -0.3 is 0 Å². The van der Waals surface area contributed by atoms with Crippen molar-refractivity contribution in [3.05, 3.63) is 17.8 Å². The van der Waals surface area contributed by atoms with Crippen molar-refractivity contribution in [1.82, 2.24) is 9.97 Å². The zero-order valence-corrected chi connectivity index (χ0v) is 10.5. The third kappa shape index (κ3) is 2.89. The molecule has 4 nitrogen and oxygen atoms in total. The van der Waals surface area contributed by atoms with E-state index in [0.29, 0.717) is 0 Å². The summed E-state index contributed by atoms with van der Waals surface area (Å²) in [7, 11) is -3.74. The average molecular weight is 267 g/mol. The fourth-order valence-corrected chi connectivity index (χ4v) is 3.04. The van der Waals surface area contributed by atoms with Gasteiger partial charge in [0, 0.05) is 5.88 Å². The van der Waals surface area contributed by atoms with E-state index in [4.69, 9.17) is 11.6 Å². The summed E-state index contributed by atoms with van der Waals surface area (Å²) in [5.74, 6) is -1.15. The van der Waals surface area contributed by atoms with Gasteiger partial charge in [0.1, 0.15) is 6.33 Å². The zero-order valence-electron chi connectivity index (χ0n) is 8.94. The Morgan fingerprint density at radius 2 is 2.12 bits per heavy atom. The standard InChI is InChI=1S/C9H12ClFN2O2S/c1-6(3-10)4-16(14,15)9-8(11)7(2)12-5-13-9/h5-6H,3-4H2,1-2H3. The van der Waals surface area contributed by atoms with Crippen LogP contribution in [-0.4, -0.2) is 30.0 Å². The number of hydrogen-bond acceptors (Lipinski definition) is 4. The fraction of sp³-hybridized carbons (Fsp3) is 0.556. The van der Waals surface area contributed by atoms with E-state index in [9.17, 15) is 12.8 Å². The summed E-state index contributed by atoms with van der Waals surface area (Å²) in [6.45, 7) is 3.07. The minimum absolute atomic E-state index is 0.0205. The van der Waals surface area contributed by atoms with Crippen LogP contribution in [0, 0.1) is 18.7 Å². The molecule has 1 atom stereocenters. The van der Waals surface area contributed by atoms with Crippen LogP contribution in [0.2, 0.25) is 0 Å². The van der Waals surface area contributed by atoms with Crippen molar-refractivity contribution < 1.29 is 12.8 Å². The van der Waals surface area contributed by atoms with Crippen LogP contribution in [-0.2, 0) is 9.84 Å². The number of sulfone groups is 1. The summed E-state index contributed by atoms with van der Waals surface area (Å²) in [4.78, 5) is 7.06. The molecule has 1 aromatic rings. The largest absolute Gasteiger partial charge is 0.239 e. The first kappa shape index (κ1) is 13.3.